The van der Waals surface area contributed by atoms with Crippen LogP contribution in [0, 0.1) is 11.3 Å². The van der Waals surface area contributed by atoms with Crippen molar-refractivity contribution in [2.75, 3.05) is 57.9 Å². The number of nitrogens with zero attached hydrogens (tertiary/aromatic N) is 5. The molecule has 4 saturated heterocycles. The second kappa shape index (κ2) is 30.5. The minimum Gasteiger partial charge on any atom is -0.497 e. The molecule has 6 aromatic rings. The van der Waals surface area contributed by atoms with E-state index in [1.54, 1.807) is 72.8 Å². The number of nitrogens with one attached hydrogen (secondary N) is 2. The maximum Gasteiger partial charge on any atom is 0.598 e. The van der Waals surface area contributed by atoms with Gasteiger partial charge in [0.1, 0.15) is 47.2 Å². The number of phosphoric ester groups is 1. The van der Waals surface area contributed by atoms with E-state index in [0.717, 1.165) is 9.13 Å². The summed E-state index contributed by atoms with van der Waals surface area (Å²) in [6.07, 6.45) is -6.14. The van der Waals surface area contributed by atoms with Crippen molar-refractivity contribution in [3.63, 3.8) is 0 Å². The Balaban J connectivity index is 0.000000213. The lowest BCUT2D eigenvalue weighted by atomic mass is 10.1. The minimum absolute atomic E-state index is 0.0187. The van der Waals surface area contributed by atoms with E-state index >= 15 is 0 Å². The molecular weight excluding hydrogens is 1250 g/mol. The molecule has 4 aromatic carbocycles. The van der Waals surface area contributed by atoms with Crippen molar-refractivity contribution in [1.82, 2.24) is 19.1 Å². The van der Waals surface area contributed by atoms with Gasteiger partial charge < -0.3 is 68.4 Å². The lowest BCUT2D eigenvalue weighted by Gasteiger charge is -2.29. The topological polar surface area (TPSA) is 357 Å². The van der Waals surface area contributed by atoms with Gasteiger partial charge in [0, 0.05) is 49.6 Å². The molecule has 5 N–H and O–H groups in total. The first-order valence-corrected chi connectivity index (χ1v) is 30.9. The van der Waals surface area contributed by atoms with Crippen LogP contribution in [0.1, 0.15) is 65.3 Å². The predicted octanol–water partition coefficient (Wildman–Crippen LogP) is 7.15. The molecule has 0 saturated carbocycles. The van der Waals surface area contributed by atoms with Crippen molar-refractivity contribution in [2.24, 2.45) is 0 Å². The van der Waals surface area contributed by atoms with Crippen molar-refractivity contribution in [2.45, 2.75) is 93.0 Å². The lowest BCUT2D eigenvalue weighted by Crippen LogP contribution is -2.49. The zero-order valence-corrected chi connectivity index (χ0v) is 50.7. The van der Waals surface area contributed by atoms with E-state index in [-0.39, 0.29) is 46.2 Å². The highest BCUT2D eigenvalue weighted by Gasteiger charge is 2.73. The number of nitriles is 1. The summed E-state index contributed by atoms with van der Waals surface area (Å²) in [5.41, 5.74) is -1.09. The number of hydrogen-bond donors (Lipinski definition) is 5. The van der Waals surface area contributed by atoms with Crippen LogP contribution < -0.4 is 40.5 Å². The number of amides is 2. The van der Waals surface area contributed by atoms with Crippen LogP contribution in [-0.2, 0) is 46.6 Å². The molecule has 10 rings (SSSR count). The molecule has 12 atom stereocenters. The number of carbonyl (C=O) groups excluding carboxylic acids is 2. The molecule has 28 nitrogen and oxygen atoms in total. The molecule has 472 valence electrons. The summed E-state index contributed by atoms with van der Waals surface area (Å²) in [4.78, 5) is 59.8. The molecule has 0 radical (unpaired) electrons. The van der Waals surface area contributed by atoms with Crippen molar-refractivity contribution < 1.29 is 90.0 Å². The largest absolute Gasteiger partial charge is 0.598 e. The number of para-hydroxylation sites is 2. The van der Waals surface area contributed by atoms with Crippen LogP contribution in [-0.4, -0.2) is 142 Å². The second-order valence-corrected chi connectivity index (χ2v) is 23.5. The monoisotopic (exact) mass is 1310 g/mol. The van der Waals surface area contributed by atoms with Crippen LogP contribution in [0.5, 0.6) is 23.0 Å². The van der Waals surface area contributed by atoms with Gasteiger partial charge in [-0.2, -0.15) is 15.2 Å². The van der Waals surface area contributed by atoms with Gasteiger partial charge in [0.05, 0.1) is 56.6 Å². The highest BCUT2D eigenvalue weighted by molar-refractivity contribution is 7.49. The summed E-state index contributed by atoms with van der Waals surface area (Å²) < 4.78 is 97.8. The fraction of sp³-hybridized carbons (Fsp3) is 0.386. The van der Waals surface area contributed by atoms with Gasteiger partial charge in [-0.15, -0.1) is 0 Å². The standard InChI is InChI=1S/C30H32ClN4O11P.C27H27ClN3O10P/c1-40-20-11-9-19(10-12-20)28(37)33-24-13-15-35(30(38)34-24)29-27(44-25-8-4-16-41-25)26(23(18-36)43-29)46-47(39,42-17-5-14-32)45-22-7-3-2-6-21(22)31;1-37-17-10-8-16(9-11-17)24(33)29-21-12-13-31(26(34)30-21)25-23(40-22-7-4-14-38-22)27(35,20(15-32)39-25)42(36)41-19-6-3-2-5-18(19)28/h2-3,6-7,9-13,15,23,25-27,29,36H,4-5,8,16-18H2,1H3,(H,33,34,37,38);2-3,5-6,8-13,20,22-23,25,32,35H,4,7,14-15H2,1H3/p+1/t23-,25?,26-,27-,29-,47?;20-,22?,23+,25-,27+/m11/s1. The summed E-state index contributed by atoms with van der Waals surface area (Å²) in [6.45, 7) is -0.924. The molecule has 0 bridgehead atoms. The van der Waals surface area contributed by atoms with Crippen LogP contribution in [0.25, 0.3) is 0 Å². The summed E-state index contributed by atoms with van der Waals surface area (Å²) in [5, 5.41) is 44.2. The number of aromatic nitrogens is 4. The van der Waals surface area contributed by atoms with Crippen molar-refractivity contribution in [1.29, 1.82) is 5.26 Å². The molecule has 4 aliphatic rings. The van der Waals surface area contributed by atoms with E-state index in [1.807, 2.05) is 6.07 Å². The number of hydrogen-bond acceptors (Lipinski definition) is 24. The van der Waals surface area contributed by atoms with Gasteiger partial charge >= 0.3 is 32.6 Å². The van der Waals surface area contributed by atoms with Crippen LogP contribution >= 0.6 is 39.1 Å². The Morgan fingerprint density at radius 1 is 0.742 bits per heavy atom. The molecule has 4 fully saturated rings. The lowest BCUT2D eigenvalue weighted by molar-refractivity contribution is -0.188. The molecule has 2 amide bonds. The van der Waals surface area contributed by atoms with Crippen molar-refractivity contribution in [3.8, 4) is 29.1 Å². The number of ether oxygens (including phenoxy) is 8. The zero-order chi connectivity index (χ0) is 63.2. The van der Waals surface area contributed by atoms with Gasteiger partial charge in [0.15, 0.2) is 37.2 Å². The van der Waals surface area contributed by atoms with E-state index in [9.17, 15) is 43.6 Å². The summed E-state index contributed by atoms with van der Waals surface area (Å²) in [5.74, 6) is 0.0583. The summed E-state index contributed by atoms with van der Waals surface area (Å²) >= 11 is 12.4. The maximum atomic E-state index is 14.0. The fourth-order valence-electron chi connectivity index (χ4n) is 9.48. The van der Waals surface area contributed by atoms with Gasteiger partial charge in [-0.05, 0) is 102 Å². The Kier molecular flexibility index (Phi) is 22.7. The molecule has 0 aliphatic carbocycles. The minimum atomic E-state index is -4.57. The smallest absolute Gasteiger partial charge is 0.497 e. The average molecular weight is 1310 g/mol. The van der Waals surface area contributed by atoms with Gasteiger partial charge in [-0.25, -0.2) is 14.2 Å². The molecule has 2 aromatic heterocycles. The molecule has 4 aliphatic heterocycles. The first-order valence-electron chi connectivity index (χ1n) is 27.5. The number of carbonyl (C=O) groups is 2. The van der Waals surface area contributed by atoms with E-state index in [1.165, 1.54) is 63.0 Å². The van der Waals surface area contributed by atoms with E-state index in [2.05, 4.69) is 20.6 Å². The first kappa shape index (κ1) is 66.2. The summed E-state index contributed by atoms with van der Waals surface area (Å²) in [7, 11) is -4.64. The molecular formula is C57H60Cl2N7O21P2+. The number of rotatable bonds is 24. The Labute approximate surface area is 518 Å². The molecule has 0 spiro atoms. The van der Waals surface area contributed by atoms with Crippen LogP contribution in [0.15, 0.2) is 131 Å². The van der Waals surface area contributed by atoms with E-state index < -0.39 is 113 Å². The van der Waals surface area contributed by atoms with E-state index in [4.69, 9.17) is 84.5 Å². The third kappa shape index (κ3) is 16.0. The summed E-state index contributed by atoms with van der Waals surface area (Å²) in [6, 6.07) is 29.7. The number of halogens is 2. The Bertz CT molecular complexity index is 3650. The number of aliphatic hydroxyl groups is 3. The molecule has 6 heterocycles. The first-order chi connectivity index (χ1) is 43.0. The zero-order valence-electron chi connectivity index (χ0n) is 47.4. The Morgan fingerprint density at radius 3 is 1.75 bits per heavy atom. The second-order valence-electron chi connectivity index (χ2n) is 19.7. The third-order valence-electron chi connectivity index (χ3n) is 13.9. The molecule has 89 heavy (non-hydrogen) atoms. The quantitative estimate of drug-likeness (QED) is 0.0296. The highest BCUT2D eigenvalue weighted by atomic mass is 35.5. The van der Waals surface area contributed by atoms with Gasteiger partial charge in [-0.3, -0.25) is 32.3 Å². The van der Waals surface area contributed by atoms with Gasteiger partial charge in [-0.1, -0.05) is 47.5 Å². The Morgan fingerprint density at radius 2 is 1.27 bits per heavy atom. The molecule has 4 unspecified atom stereocenters. The predicted molar refractivity (Wildman–Crippen MR) is 314 cm³/mol. The number of anilines is 2. The van der Waals surface area contributed by atoms with Crippen molar-refractivity contribution >= 4 is 62.5 Å². The molecule has 32 heteroatoms. The number of aliphatic hydroxyl groups excluding tert-OH is 2. The van der Waals surface area contributed by atoms with Crippen LogP contribution in [0.2, 0.25) is 10.0 Å². The highest BCUT2D eigenvalue weighted by Crippen LogP contribution is 2.56. The normalized spacial score (nSPS) is 24.5. The maximum absolute atomic E-state index is 14.0. The SMILES string of the molecule is COc1ccc(C(=O)Nc2ccn([C@@H]3O[C@H](CO)[C@@H](OP(=O)(OCCC#N)Oc4ccccc4Cl)[C@H]3OC3CCCO3)c(=O)n2)cc1.COc1ccc(C(=O)Nc2ccn([C@@H]3O[C@H](CO)[C@](O)([P+](=O)Oc4ccccc4Cl)[C@H]3OC3CCCO3)c(=O)n2)cc1. The van der Waals surface area contributed by atoms with Crippen LogP contribution in [0.4, 0.5) is 11.6 Å². The van der Waals surface area contributed by atoms with Crippen LogP contribution in [0.3, 0.4) is 0 Å². The fourth-order valence-corrected chi connectivity index (χ4v) is 12.6. The van der Waals surface area contributed by atoms with Gasteiger partial charge in [0.2, 0.25) is 5.75 Å². The van der Waals surface area contributed by atoms with Gasteiger partial charge in [0.25, 0.3) is 11.8 Å². The van der Waals surface area contributed by atoms with Crippen molar-refractivity contribution in [3.05, 3.63) is 164 Å². The van der Waals surface area contributed by atoms with E-state index in [0.29, 0.717) is 61.5 Å². The number of benzene rings is 4. The number of methoxy groups -OCH3 is 2. The average Bonchev–Trinajstić information content (AvgIpc) is 1.74. The number of phosphoric acid groups is 1. The third-order valence-corrected chi connectivity index (χ3v) is 17.5. The Hall–Kier alpha value is -7.26.